The van der Waals surface area contributed by atoms with Gasteiger partial charge >= 0.3 is 19.5 Å². The second-order valence-electron chi connectivity index (χ2n) is 9.69. The molecule has 1 aromatic heterocycles. The average molecular weight is 541 g/mol. The van der Waals surface area contributed by atoms with Crippen LogP contribution in [0.2, 0.25) is 0 Å². The second-order valence-corrected chi connectivity index (χ2v) is 16.5. The Balaban J connectivity index is 0.00000341. The Morgan fingerprint density at radius 1 is 0.613 bits per heavy atom. The van der Waals surface area contributed by atoms with Gasteiger partial charge in [0.05, 0.1) is 11.0 Å². The van der Waals surface area contributed by atoms with Gasteiger partial charge < -0.3 is 0 Å². The first-order valence-corrected chi connectivity index (χ1v) is 14.8. The van der Waals surface area contributed by atoms with Gasteiger partial charge in [-0.15, -0.1) is 0 Å². The minimum atomic E-state index is -0.0470. The van der Waals surface area contributed by atoms with E-state index in [0.717, 1.165) is 22.6 Å². The smallest absolute Gasteiger partial charge is 0.247 e. The zero-order chi connectivity index (χ0) is 22.0. The van der Waals surface area contributed by atoms with Gasteiger partial charge in [0.1, 0.15) is 0 Å². The van der Waals surface area contributed by atoms with Crippen molar-refractivity contribution >= 4 is 37.6 Å². The third-order valence-electron chi connectivity index (χ3n) is 6.20. The fourth-order valence-corrected chi connectivity index (χ4v) is 9.72. The molecular weight excluding hydrogens is 501 g/mol. The molecule has 0 aliphatic rings. The van der Waals surface area contributed by atoms with Crippen molar-refractivity contribution < 1.29 is 19.5 Å². The Morgan fingerprint density at radius 2 is 0.968 bits per heavy atom. The summed E-state index contributed by atoms with van der Waals surface area (Å²) in [6.45, 7) is 19.1. The molecule has 0 fully saturated rings. The van der Waals surface area contributed by atoms with Crippen molar-refractivity contribution in [3.05, 3.63) is 53.6 Å². The van der Waals surface area contributed by atoms with Crippen LogP contribution in [0, 0.1) is 0 Å². The molecule has 1 heterocycles. The zero-order valence-electron chi connectivity index (χ0n) is 20.5. The normalized spacial score (nSPS) is 12.3. The summed E-state index contributed by atoms with van der Waals surface area (Å²) in [4.78, 5) is 5.34. The second kappa shape index (κ2) is 11.6. The van der Waals surface area contributed by atoms with Crippen LogP contribution in [0.25, 0.3) is 21.8 Å². The van der Waals surface area contributed by atoms with Gasteiger partial charge in [0.15, 0.2) is 0 Å². The Labute approximate surface area is 205 Å². The molecule has 4 heteroatoms. The van der Waals surface area contributed by atoms with E-state index in [0.29, 0.717) is 0 Å². The van der Waals surface area contributed by atoms with Gasteiger partial charge in [0.25, 0.3) is 0 Å². The number of fused-ring (bicyclic) bond motifs is 2. The van der Waals surface area contributed by atoms with E-state index < -0.39 is 0 Å². The molecule has 0 unspecified atom stereocenters. The molecule has 0 N–H and O–H groups in total. The molecule has 1 nitrogen and oxygen atoms in total. The fraction of sp³-hybridized carbons (Fsp3) is 0.519. The van der Waals surface area contributed by atoms with Crippen LogP contribution in [0.4, 0.5) is 0 Å². The standard InChI is InChI=1S/C27H39NP2.Ru/c1-18(2)29(19(3)4)16-24-13-9-11-22-15-23-12-10-14-25(27(23)28-26(22)24)17-30(20(5)6)21(7)8;/h9-15,18-21H,16-17H2,1-8H3;/q;+2. The first-order chi connectivity index (χ1) is 14.2. The molecule has 168 valence electrons. The van der Waals surface area contributed by atoms with Crippen molar-refractivity contribution in [2.45, 2.75) is 90.3 Å². The first kappa shape index (κ1) is 26.8. The van der Waals surface area contributed by atoms with Crippen LogP contribution in [-0.4, -0.2) is 27.6 Å². The van der Waals surface area contributed by atoms with Crippen LogP contribution in [0.15, 0.2) is 42.5 Å². The number of rotatable bonds is 8. The minimum absolute atomic E-state index is 0. The molecule has 0 spiro atoms. The number of benzene rings is 2. The van der Waals surface area contributed by atoms with Crippen LogP contribution in [0.5, 0.6) is 0 Å². The summed E-state index contributed by atoms with van der Waals surface area (Å²) in [7, 11) is -0.0940. The van der Waals surface area contributed by atoms with Crippen molar-refractivity contribution in [1.29, 1.82) is 0 Å². The van der Waals surface area contributed by atoms with E-state index in [-0.39, 0.29) is 35.3 Å². The minimum Gasteiger partial charge on any atom is -0.247 e. The van der Waals surface area contributed by atoms with Crippen LogP contribution < -0.4 is 0 Å². The van der Waals surface area contributed by atoms with Crippen molar-refractivity contribution in [2.75, 3.05) is 0 Å². The molecule has 0 saturated carbocycles. The molecule has 0 radical (unpaired) electrons. The summed E-state index contributed by atoms with van der Waals surface area (Å²) in [5, 5.41) is 2.57. The quantitative estimate of drug-likeness (QED) is 0.158. The number of hydrogen-bond donors (Lipinski definition) is 0. The summed E-state index contributed by atoms with van der Waals surface area (Å²) < 4.78 is 0. The Kier molecular flexibility index (Phi) is 10.1. The van der Waals surface area contributed by atoms with E-state index in [1.54, 1.807) is 0 Å². The monoisotopic (exact) mass is 541 g/mol. The van der Waals surface area contributed by atoms with E-state index in [9.17, 15) is 0 Å². The molecule has 0 aliphatic carbocycles. The largest absolute Gasteiger partial charge is 2.00 e. The maximum absolute atomic E-state index is 5.34. The molecule has 0 aliphatic heterocycles. The van der Waals surface area contributed by atoms with Crippen molar-refractivity contribution in [3.63, 3.8) is 0 Å². The van der Waals surface area contributed by atoms with Crippen LogP contribution in [0.1, 0.15) is 66.5 Å². The third kappa shape index (κ3) is 6.34. The van der Waals surface area contributed by atoms with Gasteiger partial charge in [-0.25, -0.2) is 4.98 Å². The van der Waals surface area contributed by atoms with E-state index in [4.69, 9.17) is 4.98 Å². The molecule has 3 aromatic rings. The van der Waals surface area contributed by atoms with Crippen LogP contribution >= 0.6 is 15.8 Å². The topological polar surface area (TPSA) is 12.9 Å². The van der Waals surface area contributed by atoms with E-state index in [2.05, 4.69) is 97.9 Å². The predicted octanol–water partition coefficient (Wildman–Crippen LogP) is 8.98. The van der Waals surface area contributed by atoms with Crippen LogP contribution in [-0.2, 0) is 31.8 Å². The first-order valence-electron chi connectivity index (χ1n) is 11.5. The van der Waals surface area contributed by atoms with Crippen LogP contribution in [0.3, 0.4) is 0 Å². The fourth-order valence-electron chi connectivity index (χ4n) is 4.58. The zero-order valence-corrected chi connectivity index (χ0v) is 24.0. The van der Waals surface area contributed by atoms with Crippen molar-refractivity contribution in [1.82, 2.24) is 4.98 Å². The summed E-state index contributed by atoms with van der Waals surface area (Å²) in [5.41, 5.74) is 8.30. The number of pyridine rings is 1. The number of aromatic nitrogens is 1. The Bertz CT molecular complexity index is 904. The van der Waals surface area contributed by atoms with Gasteiger partial charge in [0.2, 0.25) is 0 Å². The molecule has 0 amide bonds. The van der Waals surface area contributed by atoms with Crippen molar-refractivity contribution in [2.24, 2.45) is 0 Å². The summed E-state index contributed by atoms with van der Waals surface area (Å²) in [5.74, 6) is 0. The molecule has 3 rings (SSSR count). The predicted molar refractivity (Wildman–Crippen MR) is 141 cm³/mol. The maximum atomic E-state index is 5.34. The van der Waals surface area contributed by atoms with Gasteiger partial charge in [-0.1, -0.05) is 108 Å². The number of nitrogens with zero attached hydrogens (tertiary/aromatic N) is 1. The Morgan fingerprint density at radius 3 is 1.29 bits per heavy atom. The average Bonchev–Trinajstić information content (AvgIpc) is 2.67. The molecular formula is C27H39NP2Ru+2. The SMILES string of the molecule is CC(C)P(Cc1cccc2cc3cccc(CP(C(C)C)C(C)C)c3nc12)C(C)C.[Ru+2]. The summed E-state index contributed by atoms with van der Waals surface area (Å²) >= 11 is 0. The summed E-state index contributed by atoms with van der Waals surface area (Å²) in [6.07, 6.45) is 2.35. The molecule has 31 heavy (non-hydrogen) atoms. The van der Waals surface area contributed by atoms with E-state index in [1.165, 1.54) is 45.3 Å². The van der Waals surface area contributed by atoms with Gasteiger partial charge in [-0.05, 0) is 52.2 Å². The van der Waals surface area contributed by atoms with Gasteiger partial charge in [-0.3, -0.25) is 0 Å². The summed E-state index contributed by atoms with van der Waals surface area (Å²) in [6, 6.07) is 15.9. The molecule has 2 aromatic carbocycles. The molecule has 0 saturated heterocycles. The number of para-hydroxylation sites is 2. The molecule has 0 bridgehead atoms. The van der Waals surface area contributed by atoms with E-state index in [1.807, 2.05) is 0 Å². The maximum Gasteiger partial charge on any atom is 2.00 e. The molecule has 0 atom stereocenters. The van der Waals surface area contributed by atoms with E-state index >= 15 is 0 Å². The van der Waals surface area contributed by atoms with Crippen molar-refractivity contribution in [3.8, 4) is 0 Å². The Hall–Kier alpha value is -0.407. The van der Waals surface area contributed by atoms with Gasteiger partial charge in [-0.2, -0.15) is 0 Å². The number of hydrogen-bond acceptors (Lipinski definition) is 1. The van der Waals surface area contributed by atoms with Gasteiger partial charge in [0, 0.05) is 10.8 Å². The third-order valence-corrected chi connectivity index (χ3v) is 12.9.